The van der Waals surface area contributed by atoms with Crippen molar-refractivity contribution in [3.8, 4) is 0 Å². The van der Waals surface area contributed by atoms with Gasteiger partial charge in [-0.1, -0.05) is 54.1 Å². The Balaban J connectivity index is 2.13. The molecule has 0 aliphatic rings. The zero-order valence-corrected chi connectivity index (χ0v) is 10.4. The highest BCUT2D eigenvalue weighted by Crippen LogP contribution is 2.29. The molecule has 0 spiro atoms. The molecule has 19 heavy (non-hydrogen) atoms. The van der Waals surface area contributed by atoms with Crippen molar-refractivity contribution in [1.29, 1.82) is 0 Å². The molecular weight excluding hydrogens is 249 g/mol. The van der Waals surface area contributed by atoms with Gasteiger partial charge in [0.1, 0.15) is 0 Å². The minimum atomic E-state index is -4.28. The molecule has 0 unspecified atom stereocenters. The van der Waals surface area contributed by atoms with E-state index in [1.54, 1.807) is 6.08 Å². The van der Waals surface area contributed by atoms with Crippen LogP contribution in [0.5, 0.6) is 0 Å². The van der Waals surface area contributed by atoms with Gasteiger partial charge in [-0.25, -0.2) is 0 Å². The van der Waals surface area contributed by atoms with E-state index in [1.165, 1.54) is 17.7 Å². The number of alkyl halides is 3. The van der Waals surface area contributed by atoms with Crippen LogP contribution in [0.2, 0.25) is 0 Å². The summed E-state index contributed by atoms with van der Waals surface area (Å²) in [6.07, 6.45) is -0.605. The van der Waals surface area contributed by atoms with E-state index in [0.717, 1.165) is 23.3 Å². The third-order valence-electron chi connectivity index (χ3n) is 2.78. The Morgan fingerprint density at radius 1 is 0.737 bits per heavy atom. The summed E-state index contributed by atoms with van der Waals surface area (Å²) in [5.74, 6) is 0. The van der Waals surface area contributed by atoms with Gasteiger partial charge in [-0.3, -0.25) is 0 Å². The van der Waals surface area contributed by atoms with Gasteiger partial charge in [0.15, 0.2) is 0 Å². The molecule has 2 rings (SSSR count). The predicted octanol–water partition coefficient (Wildman–Crippen LogP) is 5.18. The molecule has 0 radical (unpaired) electrons. The van der Waals surface area contributed by atoms with Crippen molar-refractivity contribution in [2.24, 2.45) is 0 Å². The van der Waals surface area contributed by atoms with Crippen LogP contribution in [0, 0.1) is 6.92 Å². The van der Waals surface area contributed by atoms with Gasteiger partial charge in [-0.2, -0.15) is 13.2 Å². The molecule has 0 aliphatic heterocycles. The number of rotatable bonds is 2. The molecule has 98 valence electrons. The van der Waals surface area contributed by atoms with Gasteiger partial charge in [0.2, 0.25) is 0 Å². The second-order valence-corrected chi connectivity index (χ2v) is 4.36. The second-order valence-electron chi connectivity index (χ2n) is 4.36. The number of halogens is 3. The molecule has 2 aromatic carbocycles. The van der Waals surface area contributed by atoms with E-state index in [-0.39, 0.29) is 0 Å². The van der Waals surface area contributed by atoms with Crippen molar-refractivity contribution in [3.05, 3.63) is 70.8 Å². The van der Waals surface area contributed by atoms with Gasteiger partial charge in [0.25, 0.3) is 0 Å². The summed E-state index contributed by atoms with van der Waals surface area (Å²) in [5, 5.41) is 0. The van der Waals surface area contributed by atoms with Crippen LogP contribution < -0.4 is 0 Å². The lowest BCUT2D eigenvalue weighted by atomic mass is 10.1. The maximum Gasteiger partial charge on any atom is 0.416 e. The number of benzene rings is 2. The molecule has 0 fully saturated rings. The molecule has 3 heteroatoms. The average molecular weight is 262 g/mol. The van der Waals surface area contributed by atoms with Crippen LogP contribution in [0.3, 0.4) is 0 Å². The Bertz CT molecular complexity index is 560. The third-order valence-corrected chi connectivity index (χ3v) is 2.78. The molecule has 0 amide bonds. The van der Waals surface area contributed by atoms with E-state index >= 15 is 0 Å². The number of aryl methyl sites for hydroxylation is 1. The summed E-state index contributed by atoms with van der Waals surface area (Å²) in [6.45, 7) is 2.00. The van der Waals surface area contributed by atoms with Gasteiger partial charge in [-0.05, 0) is 30.2 Å². The van der Waals surface area contributed by atoms with Crippen molar-refractivity contribution in [1.82, 2.24) is 0 Å². The molecule has 0 aromatic heterocycles. The molecule has 0 heterocycles. The monoisotopic (exact) mass is 262 g/mol. The SMILES string of the molecule is Cc1ccc(/C=C/c2ccc(C(F)(F)F)cc2)cc1. The lowest BCUT2D eigenvalue weighted by molar-refractivity contribution is -0.137. The Morgan fingerprint density at radius 3 is 1.58 bits per heavy atom. The summed E-state index contributed by atoms with van der Waals surface area (Å²) in [7, 11) is 0. The highest BCUT2D eigenvalue weighted by molar-refractivity contribution is 5.69. The number of hydrogen-bond donors (Lipinski definition) is 0. The highest BCUT2D eigenvalue weighted by Gasteiger charge is 2.29. The quantitative estimate of drug-likeness (QED) is 0.654. The molecule has 0 N–H and O–H groups in total. The average Bonchev–Trinajstić information content (AvgIpc) is 2.37. The molecule has 2 aromatic rings. The Hall–Kier alpha value is -2.03. The first-order chi connectivity index (χ1) is 8.95. The fourth-order valence-electron chi connectivity index (χ4n) is 1.65. The van der Waals surface area contributed by atoms with E-state index in [9.17, 15) is 13.2 Å². The van der Waals surface area contributed by atoms with Gasteiger partial charge < -0.3 is 0 Å². The lowest BCUT2D eigenvalue weighted by Crippen LogP contribution is -2.03. The first-order valence-electron chi connectivity index (χ1n) is 5.87. The predicted molar refractivity (Wildman–Crippen MR) is 71.6 cm³/mol. The van der Waals surface area contributed by atoms with Crippen LogP contribution >= 0.6 is 0 Å². The molecule has 0 bridgehead atoms. The maximum atomic E-state index is 12.4. The molecule has 0 saturated carbocycles. The summed E-state index contributed by atoms with van der Waals surface area (Å²) >= 11 is 0. The fourth-order valence-corrected chi connectivity index (χ4v) is 1.65. The second kappa shape index (κ2) is 5.31. The van der Waals surface area contributed by atoms with Gasteiger partial charge in [0, 0.05) is 0 Å². The van der Waals surface area contributed by atoms with Gasteiger partial charge in [0.05, 0.1) is 5.56 Å². The minimum Gasteiger partial charge on any atom is -0.166 e. The van der Waals surface area contributed by atoms with E-state index in [2.05, 4.69) is 0 Å². The summed E-state index contributed by atoms with van der Waals surface area (Å²) in [6, 6.07) is 13.0. The fraction of sp³-hybridized carbons (Fsp3) is 0.125. The summed E-state index contributed by atoms with van der Waals surface area (Å²) in [5.41, 5.74) is 2.31. The van der Waals surface area contributed by atoms with Crippen molar-refractivity contribution in [3.63, 3.8) is 0 Å². The van der Waals surface area contributed by atoms with Crippen molar-refractivity contribution in [2.45, 2.75) is 13.1 Å². The van der Waals surface area contributed by atoms with E-state index in [4.69, 9.17) is 0 Å². The zero-order chi connectivity index (χ0) is 13.9. The third kappa shape index (κ3) is 3.71. The first-order valence-corrected chi connectivity index (χ1v) is 5.87. The van der Waals surface area contributed by atoms with Crippen molar-refractivity contribution in [2.75, 3.05) is 0 Å². The van der Waals surface area contributed by atoms with Crippen molar-refractivity contribution >= 4 is 12.2 Å². The first kappa shape index (κ1) is 13.4. The lowest BCUT2D eigenvalue weighted by Gasteiger charge is -2.05. The normalized spacial score (nSPS) is 12.0. The molecule has 0 atom stereocenters. The molecule has 0 aliphatic carbocycles. The smallest absolute Gasteiger partial charge is 0.166 e. The van der Waals surface area contributed by atoms with E-state index in [0.29, 0.717) is 0 Å². The topological polar surface area (TPSA) is 0 Å². The van der Waals surface area contributed by atoms with Crippen LogP contribution in [0.1, 0.15) is 22.3 Å². The van der Waals surface area contributed by atoms with Crippen LogP contribution in [0.4, 0.5) is 13.2 Å². The van der Waals surface area contributed by atoms with E-state index < -0.39 is 11.7 Å². The maximum absolute atomic E-state index is 12.4. The van der Waals surface area contributed by atoms with Gasteiger partial charge >= 0.3 is 6.18 Å². The zero-order valence-electron chi connectivity index (χ0n) is 10.4. The summed E-state index contributed by atoms with van der Waals surface area (Å²) in [4.78, 5) is 0. The Labute approximate surface area is 110 Å². The number of hydrogen-bond acceptors (Lipinski definition) is 0. The van der Waals surface area contributed by atoms with Crippen LogP contribution in [-0.2, 0) is 6.18 Å². The van der Waals surface area contributed by atoms with E-state index in [1.807, 2.05) is 37.3 Å². The summed E-state index contributed by atoms with van der Waals surface area (Å²) < 4.78 is 37.2. The molecule has 0 nitrogen and oxygen atoms in total. The molecular formula is C16H13F3. The molecule has 0 saturated heterocycles. The largest absolute Gasteiger partial charge is 0.416 e. The highest BCUT2D eigenvalue weighted by atomic mass is 19.4. The standard InChI is InChI=1S/C16H13F3/c1-12-2-4-13(5-3-12)6-7-14-8-10-15(11-9-14)16(17,18)19/h2-11H,1H3/b7-6+. The van der Waals surface area contributed by atoms with Crippen LogP contribution in [-0.4, -0.2) is 0 Å². The Morgan fingerprint density at radius 2 is 1.16 bits per heavy atom. The van der Waals surface area contributed by atoms with Crippen LogP contribution in [0.15, 0.2) is 48.5 Å². The van der Waals surface area contributed by atoms with Gasteiger partial charge in [-0.15, -0.1) is 0 Å². The Kier molecular flexibility index (Phi) is 3.74. The van der Waals surface area contributed by atoms with Crippen LogP contribution in [0.25, 0.3) is 12.2 Å². The van der Waals surface area contributed by atoms with Crippen molar-refractivity contribution < 1.29 is 13.2 Å². The minimum absolute atomic E-state index is 0.625.